The molecule has 1 N–H and O–H groups in total. The summed E-state index contributed by atoms with van der Waals surface area (Å²) >= 11 is 0. The number of ether oxygens (including phenoxy) is 1. The van der Waals surface area contributed by atoms with Crippen molar-refractivity contribution < 1.29 is 23.1 Å². The molecule has 88 valence electrons. The molecule has 0 aromatic heterocycles. The van der Waals surface area contributed by atoms with Gasteiger partial charge in [-0.15, -0.1) is 0 Å². The van der Waals surface area contributed by atoms with Crippen LogP contribution in [0.4, 0.5) is 0 Å². The van der Waals surface area contributed by atoms with E-state index in [1.807, 2.05) is 0 Å². The van der Waals surface area contributed by atoms with Gasteiger partial charge < -0.3 is 9.84 Å². The summed E-state index contributed by atoms with van der Waals surface area (Å²) in [5.74, 6) is -1.07. The van der Waals surface area contributed by atoms with Crippen molar-refractivity contribution in [2.24, 2.45) is 0 Å². The van der Waals surface area contributed by atoms with Crippen molar-refractivity contribution in [3.63, 3.8) is 0 Å². The molecular weight excluding hydrogens is 220 g/mol. The topological polar surface area (TPSA) is 80.7 Å². The summed E-state index contributed by atoms with van der Waals surface area (Å²) in [6.45, 7) is 2.20. The molecule has 1 fully saturated rings. The maximum absolute atomic E-state index is 11.9. The zero-order chi connectivity index (χ0) is 11.5. The minimum Gasteiger partial charge on any atom is -0.481 e. The number of hydrogen-bond acceptors (Lipinski definition) is 4. The third-order valence-corrected chi connectivity index (χ3v) is 5.55. The normalized spacial score (nSPS) is 21.1. The highest BCUT2D eigenvalue weighted by Gasteiger charge is 2.45. The van der Waals surface area contributed by atoms with Crippen LogP contribution in [0.25, 0.3) is 0 Å². The Balaban J connectivity index is 3.00. The van der Waals surface area contributed by atoms with Crippen molar-refractivity contribution in [1.29, 1.82) is 0 Å². The third-order valence-electron chi connectivity index (χ3n) is 2.92. The SMILES string of the molecule is CCS(=O)(=O)C1(CC(=O)O)CCOCC1. The van der Waals surface area contributed by atoms with Gasteiger partial charge in [0, 0.05) is 19.0 Å². The first kappa shape index (κ1) is 12.4. The maximum atomic E-state index is 11.9. The lowest BCUT2D eigenvalue weighted by Crippen LogP contribution is -2.46. The quantitative estimate of drug-likeness (QED) is 0.766. The molecule has 0 saturated carbocycles. The minimum atomic E-state index is -3.34. The molecule has 15 heavy (non-hydrogen) atoms. The lowest BCUT2D eigenvalue weighted by atomic mass is 9.95. The Morgan fingerprint density at radius 2 is 1.93 bits per heavy atom. The molecule has 0 amide bonds. The fourth-order valence-corrected chi connectivity index (χ4v) is 3.67. The Morgan fingerprint density at radius 3 is 2.33 bits per heavy atom. The lowest BCUT2D eigenvalue weighted by Gasteiger charge is -2.34. The Bertz CT molecular complexity index is 326. The molecule has 1 heterocycles. The molecule has 0 spiro atoms. The number of rotatable bonds is 4. The molecule has 1 aliphatic rings. The number of carboxylic acid groups (broad SMARTS) is 1. The first-order valence-electron chi connectivity index (χ1n) is 4.95. The van der Waals surface area contributed by atoms with E-state index in [1.165, 1.54) is 0 Å². The van der Waals surface area contributed by atoms with Crippen molar-refractivity contribution in [1.82, 2.24) is 0 Å². The van der Waals surface area contributed by atoms with Crippen LogP contribution in [0.5, 0.6) is 0 Å². The average Bonchev–Trinajstić information content (AvgIpc) is 2.18. The highest BCUT2D eigenvalue weighted by Crippen LogP contribution is 2.33. The van der Waals surface area contributed by atoms with E-state index in [2.05, 4.69) is 0 Å². The molecule has 1 rings (SSSR count). The molecule has 1 aliphatic heterocycles. The Morgan fingerprint density at radius 1 is 1.40 bits per heavy atom. The second-order valence-electron chi connectivity index (χ2n) is 3.77. The van der Waals surface area contributed by atoms with E-state index in [4.69, 9.17) is 9.84 Å². The Hall–Kier alpha value is -0.620. The van der Waals surface area contributed by atoms with Gasteiger partial charge in [-0.3, -0.25) is 4.79 Å². The van der Waals surface area contributed by atoms with Crippen LogP contribution in [0.2, 0.25) is 0 Å². The molecule has 0 aromatic carbocycles. The standard InChI is InChI=1S/C9H16O5S/c1-2-15(12,13)9(7-8(10)11)3-5-14-6-4-9/h2-7H2,1H3,(H,10,11). The monoisotopic (exact) mass is 236 g/mol. The molecule has 1 saturated heterocycles. The van der Waals surface area contributed by atoms with Crippen LogP contribution in [0.3, 0.4) is 0 Å². The van der Waals surface area contributed by atoms with Gasteiger partial charge in [-0.2, -0.15) is 0 Å². The first-order chi connectivity index (χ1) is 6.93. The second kappa shape index (κ2) is 4.49. The molecule has 6 heteroatoms. The van der Waals surface area contributed by atoms with Crippen LogP contribution in [-0.2, 0) is 19.4 Å². The van der Waals surface area contributed by atoms with E-state index in [9.17, 15) is 13.2 Å². The fraction of sp³-hybridized carbons (Fsp3) is 0.889. The Labute approximate surface area is 89.3 Å². The highest BCUT2D eigenvalue weighted by atomic mass is 32.2. The minimum absolute atomic E-state index is 0.0136. The van der Waals surface area contributed by atoms with Crippen LogP contribution in [0.1, 0.15) is 26.2 Å². The van der Waals surface area contributed by atoms with Gasteiger partial charge in [0.05, 0.1) is 11.2 Å². The van der Waals surface area contributed by atoms with Crippen LogP contribution in [0, 0.1) is 0 Å². The molecule has 0 unspecified atom stereocenters. The van der Waals surface area contributed by atoms with Gasteiger partial charge in [0.15, 0.2) is 9.84 Å². The van der Waals surface area contributed by atoms with Crippen molar-refractivity contribution >= 4 is 15.8 Å². The number of hydrogen-bond donors (Lipinski definition) is 1. The van der Waals surface area contributed by atoms with Crippen molar-refractivity contribution in [3.8, 4) is 0 Å². The van der Waals surface area contributed by atoms with Crippen molar-refractivity contribution in [2.45, 2.75) is 30.9 Å². The zero-order valence-corrected chi connectivity index (χ0v) is 9.55. The van der Waals surface area contributed by atoms with E-state index in [1.54, 1.807) is 6.92 Å². The summed E-state index contributed by atoms with van der Waals surface area (Å²) < 4.78 is 27.8. The first-order valence-corrected chi connectivity index (χ1v) is 6.60. The van der Waals surface area contributed by atoms with Crippen LogP contribution >= 0.6 is 0 Å². The van der Waals surface area contributed by atoms with E-state index >= 15 is 0 Å². The molecule has 0 bridgehead atoms. The van der Waals surface area contributed by atoms with Gasteiger partial charge in [0.25, 0.3) is 0 Å². The van der Waals surface area contributed by atoms with E-state index in [0.29, 0.717) is 13.2 Å². The van der Waals surface area contributed by atoms with Crippen LogP contribution < -0.4 is 0 Å². The zero-order valence-electron chi connectivity index (χ0n) is 8.73. The molecule has 0 aromatic rings. The molecular formula is C9H16O5S. The predicted molar refractivity (Wildman–Crippen MR) is 54.5 cm³/mol. The van der Waals surface area contributed by atoms with Crippen molar-refractivity contribution in [3.05, 3.63) is 0 Å². The van der Waals surface area contributed by atoms with Crippen molar-refractivity contribution in [2.75, 3.05) is 19.0 Å². The molecule has 0 radical (unpaired) electrons. The summed E-state index contributed by atoms with van der Waals surface area (Å²) in [6.07, 6.45) is 0.261. The lowest BCUT2D eigenvalue weighted by molar-refractivity contribution is -0.138. The fourth-order valence-electron chi connectivity index (χ4n) is 1.92. The number of sulfone groups is 1. The van der Waals surface area contributed by atoms with Crippen LogP contribution in [0.15, 0.2) is 0 Å². The summed E-state index contributed by atoms with van der Waals surface area (Å²) in [5, 5.41) is 8.78. The molecule has 5 nitrogen and oxygen atoms in total. The summed E-state index contributed by atoms with van der Waals surface area (Å²) in [5.41, 5.74) is 0. The summed E-state index contributed by atoms with van der Waals surface area (Å²) in [6, 6.07) is 0. The number of carbonyl (C=O) groups is 1. The third kappa shape index (κ3) is 2.49. The van der Waals surface area contributed by atoms with Gasteiger partial charge in [-0.05, 0) is 12.8 Å². The van der Waals surface area contributed by atoms with Gasteiger partial charge in [-0.1, -0.05) is 6.92 Å². The van der Waals surface area contributed by atoms with Gasteiger partial charge in [-0.25, -0.2) is 8.42 Å². The summed E-state index contributed by atoms with van der Waals surface area (Å²) in [4.78, 5) is 10.7. The van der Waals surface area contributed by atoms with Crippen LogP contribution in [-0.4, -0.2) is 43.2 Å². The maximum Gasteiger partial charge on any atom is 0.304 e. The second-order valence-corrected chi connectivity index (χ2v) is 6.44. The average molecular weight is 236 g/mol. The van der Waals surface area contributed by atoms with Gasteiger partial charge in [0.1, 0.15) is 0 Å². The van der Waals surface area contributed by atoms with E-state index < -0.39 is 20.6 Å². The Kier molecular flexibility index (Phi) is 3.72. The van der Waals surface area contributed by atoms with E-state index in [-0.39, 0.29) is 25.0 Å². The highest BCUT2D eigenvalue weighted by molar-refractivity contribution is 7.92. The summed E-state index contributed by atoms with van der Waals surface area (Å²) in [7, 11) is -3.34. The van der Waals surface area contributed by atoms with Gasteiger partial charge >= 0.3 is 5.97 Å². The predicted octanol–water partition coefficient (Wildman–Crippen LogP) is 0.445. The van der Waals surface area contributed by atoms with E-state index in [0.717, 1.165) is 0 Å². The number of carboxylic acids is 1. The molecule has 0 atom stereocenters. The smallest absolute Gasteiger partial charge is 0.304 e. The van der Waals surface area contributed by atoms with Gasteiger partial charge in [0.2, 0.25) is 0 Å². The number of aliphatic carboxylic acids is 1. The molecule has 0 aliphatic carbocycles. The largest absolute Gasteiger partial charge is 0.481 e.